The molecule has 3 aromatic rings. The number of anilines is 1. The molecule has 0 spiro atoms. The second-order valence-electron chi connectivity index (χ2n) is 7.96. The van der Waals surface area contributed by atoms with Crippen molar-refractivity contribution in [1.82, 2.24) is 9.47 Å². The molecule has 178 valence electrons. The van der Waals surface area contributed by atoms with Gasteiger partial charge in [-0.1, -0.05) is 0 Å². The molecule has 1 aliphatic heterocycles. The first-order valence-corrected chi connectivity index (χ1v) is 10.3. The second kappa shape index (κ2) is 8.82. The van der Waals surface area contributed by atoms with Crippen molar-refractivity contribution in [2.24, 2.45) is 0 Å². The van der Waals surface area contributed by atoms with Crippen molar-refractivity contribution in [1.29, 1.82) is 0 Å². The standard InChI is InChI=1S/C23H20F3N3O5/c1-12(30)34-13-3-4-18(16(24)9-13)29-11-15(23(32)33)22(31)14-10-17(25)21(19(26)20(14)29)28-7-5-27(2)6-8-28/h3-4,9-11H,5-8H2,1-2H3,(H,32,33). The highest BCUT2D eigenvalue weighted by atomic mass is 19.1. The second-order valence-corrected chi connectivity index (χ2v) is 7.96. The van der Waals surface area contributed by atoms with Gasteiger partial charge in [-0.3, -0.25) is 9.59 Å². The number of fused-ring (bicyclic) bond motifs is 1. The summed E-state index contributed by atoms with van der Waals surface area (Å²) in [6, 6.07) is 4.01. The van der Waals surface area contributed by atoms with Gasteiger partial charge in [0, 0.05) is 45.4 Å². The van der Waals surface area contributed by atoms with Crippen LogP contribution in [0.3, 0.4) is 0 Å². The highest BCUT2D eigenvalue weighted by Crippen LogP contribution is 2.33. The number of carboxylic acids is 1. The summed E-state index contributed by atoms with van der Waals surface area (Å²) in [6.07, 6.45) is 0.797. The van der Waals surface area contributed by atoms with Crippen LogP contribution in [0.5, 0.6) is 5.75 Å². The van der Waals surface area contributed by atoms with Crippen LogP contribution < -0.4 is 15.1 Å². The zero-order chi connectivity index (χ0) is 24.7. The Kier molecular flexibility index (Phi) is 6.05. The van der Waals surface area contributed by atoms with Crippen molar-refractivity contribution in [2.75, 3.05) is 38.1 Å². The lowest BCUT2D eigenvalue weighted by Crippen LogP contribution is -2.45. The van der Waals surface area contributed by atoms with Crippen molar-refractivity contribution >= 4 is 28.5 Å². The monoisotopic (exact) mass is 475 g/mol. The molecule has 1 fully saturated rings. The van der Waals surface area contributed by atoms with E-state index in [4.69, 9.17) is 4.74 Å². The Morgan fingerprint density at radius 2 is 1.71 bits per heavy atom. The van der Waals surface area contributed by atoms with E-state index in [9.17, 15) is 19.5 Å². The van der Waals surface area contributed by atoms with Crippen LogP contribution in [0.4, 0.5) is 18.9 Å². The van der Waals surface area contributed by atoms with Gasteiger partial charge in [-0.15, -0.1) is 0 Å². The highest BCUT2D eigenvalue weighted by molar-refractivity contribution is 5.94. The predicted octanol–water partition coefficient (Wildman–Crippen LogP) is 2.78. The number of nitrogens with zero attached hydrogens (tertiary/aromatic N) is 3. The maximum atomic E-state index is 15.9. The number of likely N-dealkylation sites (N-methyl/N-ethyl adjacent to an activating group) is 1. The average molecular weight is 475 g/mol. The van der Waals surface area contributed by atoms with Gasteiger partial charge in [-0.25, -0.2) is 18.0 Å². The topological polar surface area (TPSA) is 92.1 Å². The summed E-state index contributed by atoms with van der Waals surface area (Å²) in [5.41, 5.74) is -3.06. The number of halogens is 3. The summed E-state index contributed by atoms with van der Waals surface area (Å²) in [6.45, 7) is 2.86. The molecule has 11 heteroatoms. The van der Waals surface area contributed by atoms with Crippen molar-refractivity contribution < 1.29 is 32.6 Å². The number of pyridine rings is 1. The predicted molar refractivity (Wildman–Crippen MR) is 117 cm³/mol. The number of aromatic nitrogens is 1. The molecule has 1 aliphatic rings. The summed E-state index contributed by atoms with van der Waals surface area (Å²) in [4.78, 5) is 39.0. The van der Waals surface area contributed by atoms with Crippen LogP contribution >= 0.6 is 0 Å². The molecule has 0 radical (unpaired) electrons. The molecule has 34 heavy (non-hydrogen) atoms. The smallest absolute Gasteiger partial charge is 0.341 e. The van der Waals surface area contributed by atoms with E-state index in [1.165, 1.54) is 11.0 Å². The van der Waals surface area contributed by atoms with Crippen LogP contribution in [0.1, 0.15) is 17.3 Å². The number of carbonyl (C=O) groups excluding carboxylic acids is 1. The molecule has 1 saturated heterocycles. The summed E-state index contributed by atoms with van der Waals surface area (Å²) >= 11 is 0. The number of carboxylic acid groups (broad SMARTS) is 1. The van der Waals surface area contributed by atoms with Gasteiger partial charge in [0.2, 0.25) is 5.43 Å². The molecule has 1 N–H and O–H groups in total. The highest BCUT2D eigenvalue weighted by Gasteiger charge is 2.27. The maximum Gasteiger partial charge on any atom is 0.341 e. The molecule has 8 nitrogen and oxygen atoms in total. The van der Waals surface area contributed by atoms with E-state index in [1.807, 2.05) is 11.9 Å². The lowest BCUT2D eigenvalue weighted by molar-refractivity contribution is -0.131. The SMILES string of the molecule is CC(=O)Oc1ccc(-n2cc(C(=O)O)c(=O)c3cc(F)c(N4CCN(C)CC4)c(F)c32)c(F)c1. The minimum absolute atomic E-state index is 0.123. The Bertz CT molecular complexity index is 1380. The quantitative estimate of drug-likeness (QED) is 0.458. The Morgan fingerprint density at radius 1 is 1.03 bits per heavy atom. The molecule has 2 aromatic carbocycles. The van der Waals surface area contributed by atoms with Crippen LogP contribution in [-0.4, -0.2) is 59.7 Å². The fraction of sp³-hybridized carbons (Fsp3) is 0.261. The van der Waals surface area contributed by atoms with Crippen LogP contribution in [0, 0.1) is 17.5 Å². The van der Waals surface area contributed by atoms with Crippen LogP contribution in [0.15, 0.2) is 35.3 Å². The fourth-order valence-electron chi connectivity index (χ4n) is 3.98. The van der Waals surface area contributed by atoms with E-state index in [2.05, 4.69) is 0 Å². The zero-order valence-electron chi connectivity index (χ0n) is 18.3. The van der Waals surface area contributed by atoms with Crippen molar-refractivity contribution in [2.45, 2.75) is 6.92 Å². The van der Waals surface area contributed by atoms with Crippen molar-refractivity contribution in [3.05, 3.63) is 63.7 Å². The average Bonchev–Trinajstić information content (AvgIpc) is 2.75. The van der Waals surface area contributed by atoms with Gasteiger partial charge in [-0.2, -0.15) is 0 Å². The Balaban J connectivity index is 2.01. The molecule has 0 bridgehead atoms. The number of aromatic carboxylic acids is 1. The number of rotatable bonds is 4. The third-order valence-corrected chi connectivity index (χ3v) is 5.65. The van der Waals surface area contributed by atoms with Gasteiger partial charge in [0.25, 0.3) is 0 Å². The van der Waals surface area contributed by atoms with E-state index in [-0.39, 0.29) is 17.1 Å². The first-order valence-electron chi connectivity index (χ1n) is 10.3. The van der Waals surface area contributed by atoms with Crippen LogP contribution in [-0.2, 0) is 4.79 Å². The Labute approximate surface area is 191 Å². The van der Waals surface area contributed by atoms with Gasteiger partial charge < -0.3 is 24.2 Å². The Morgan fingerprint density at radius 3 is 2.29 bits per heavy atom. The van der Waals surface area contributed by atoms with Crippen LogP contribution in [0.25, 0.3) is 16.6 Å². The van der Waals surface area contributed by atoms with Gasteiger partial charge in [-0.05, 0) is 25.2 Å². The number of carbonyl (C=O) groups is 2. The van der Waals surface area contributed by atoms with Gasteiger partial charge in [0.05, 0.1) is 16.6 Å². The van der Waals surface area contributed by atoms with Gasteiger partial charge >= 0.3 is 11.9 Å². The number of ether oxygens (including phenoxy) is 1. The van der Waals surface area contributed by atoms with Gasteiger partial charge in [0.15, 0.2) is 11.6 Å². The first kappa shape index (κ1) is 23.3. The molecule has 0 atom stereocenters. The molecule has 0 unspecified atom stereocenters. The summed E-state index contributed by atoms with van der Waals surface area (Å²) in [5, 5.41) is 8.92. The van der Waals surface area contributed by atoms with E-state index in [0.29, 0.717) is 26.2 Å². The minimum atomic E-state index is -1.64. The fourth-order valence-corrected chi connectivity index (χ4v) is 3.98. The third kappa shape index (κ3) is 4.10. The molecule has 0 saturated carbocycles. The van der Waals surface area contributed by atoms with Crippen molar-refractivity contribution in [3.63, 3.8) is 0 Å². The lowest BCUT2D eigenvalue weighted by atomic mass is 10.1. The summed E-state index contributed by atoms with van der Waals surface area (Å²) in [7, 11) is 1.87. The van der Waals surface area contributed by atoms with E-state index >= 15 is 13.2 Å². The van der Waals surface area contributed by atoms with Crippen molar-refractivity contribution in [3.8, 4) is 11.4 Å². The minimum Gasteiger partial charge on any atom is -0.477 e. The summed E-state index contributed by atoms with van der Waals surface area (Å²) < 4.78 is 51.6. The molecule has 2 heterocycles. The molecule has 0 aliphatic carbocycles. The molecule has 4 rings (SSSR count). The number of hydrogen-bond acceptors (Lipinski definition) is 6. The van der Waals surface area contributed by atoms with E-state index in [1.54, 1.807) is 0 Å². The van der Waals surface area contributed by atoms with Crippen LogP contribution in [0.2, 0.25) is 0 Å². The number of piperazine rings is 1. The molecule has 1 aromatic heterocycles. The largest absolute Gasteiger partial charge is 0.477 e. The summed E-state index contributed by atoms with van der Waals surface area (Å²) in [5.74, 6) is -5.57. The first-order chi connectivity index (χ1) is 16.1. The molecule has 0 amide bonds. The zero-order valence-corrected chi connectivity index (χ0v) is 18.3. The number of esters is 1. The lowest BCUT2D eigenvalue weighted by Gasteiger charge is -2.34. The number of hydrogen-bond donors (Lipinski definition) is 1. The molecular formula is C23H20F3N3O5. The Hall–Kier alpha value is -3.86. The van der Waals surface area contributed by atoms with E-state index in [0.717, 1.165) is 35.9 Å². The van der Waals surface area contributed by atoms with E-state index < -0.39 is 51.3 Å². The normalized spacial score (nSPS) is 14.4. The van der Waals surface area contributed by atoms with Gasteiger partial charge in [0.1, 0.15) is 22.8 Å². The molecular weight excluding hydrogens is 455 g/mol. The maximum absolute atomic E-state index is 15.9. The number of benzene rings is 2. The third-order valence-electron chi connectivity index (χ3n) is 5.65.